The van der Waals surface area contributed by atoms with Gasteiger partial charge in [-0.15, -0.1) is 0 Å². The third-order valence-corrected chi connectivity index (χ3v) is 6.02. The highest BCUT2D eigenvalue weighted by Crippen LogP contribution is 2.17. The fourth-order valence-electron chi connectivity index (χ4n) is 4.21. The molecule has 1 saturated heterocycles. The third kappa shape index (κ3) is 5.06. The molecule has 0 radical (unpaired) electrons. The number of nitrogens with one attached hydrogen (secondary N) is 1. The summed E-state index contributed by atoms with van der Waals surface area (Å²) >= 11 is 0. The molecular formula is C25H25FN6O. The average molecular weight is 445 g/mol. The molecule has 3 aromatic heterocycles. The molecule has 0 bridgehead atoms. The monoisotopic (exact) mass is 444 g/mol. The van der Waals surface area contributed by atoms with Gasteiger partial charge in [0.15, 0.2) is 5.65 Å². The number of fused-ring (bicyclic) bond motifs is 1. The highest BCUT2D eigenvalue weighted by atomic mass is 19.1. The lowest BCUT2D eigenvalue weighted by Crippen LogP contribution is -2.44. The van der Waals surface area contributed by atoms with Crippen molar-refractivity contribution < 1.29 is 9.18 Å². The van der Waals surface area contributed by atoms with E-state index in [0.29, 0.717) is 17.6 Å². The number of hydrogen-bond donors (Lipinski definition) is 1. The molecule has 1 aliphatic heterocycles. The van der Waals surface area contributed by atoms with Gasteiger partial charge >= 0.3 is 0 Å². The molecule has 7 nitrogen and oxygen atoms in total. The summed E-state index contributed by atoms with van der Waals surface area (Å²) in [4.78, 5) is 28.4. The Morgan fingerprint density at radius 1 is 1.03 bits per heavy atom. The number of likely N-dealkylation sites (tertiary alicyclic amines) is 1. The van der Waals surface area contributed by atoms with Gasteiger partial charge in [-0.3, -0.25) is 14.7 Å². The van der Waals surface area contributed by atoms with Crippen molar-refractivity contribution in [2.45, 2.75) is 32.0 Å². The zero-order valence-corrected chi connectivity index (χ0v) is 18.2. The standard InChI is InChI=1S/C25H25FN6O/c26-20-6-4-18(5-7-20)15-31-11-8-21(9-12-31)30-25(33)19-13-23-24(28-14-19)32(17-29-23)16-22-3-1-2-10-27-22/h1-7,10,13-14,17,21H,8-9,11-12,15-16H2,(H,30,33). The van der Waals surface area contributed by atoms with Crippen molar-refractivity contribution in [3.05, 3.63) is 89.9 Å². The van der Waals surface area contributed by atoms with Crippen LogP contribution < -0.4 is 5.32 Å². The Kier molecular flexibility index (Phi) is 6.08. The molecular weight excluding hydrogens is 419 g/mol. The lowest BCUT2D eigenvalue weighted by atomic mass is 10.0. The Morgan fingerprint density at radius 3 is 2.61 bits per heavy atom. The topological polar surface area (TPSA) is 75.9 Å². The van der Waals surface area contributed by atoms with E-state index in [-0.39, 0.29) is 17.8 Å². The van der Waals surface area contributed by atoms with Crippen LogP contribution in [0.4, 0.5) is 4.39 Å². The van der Waals surface area contributed by atoms with Crippen molar-refractivity contribution in [3.8, 4) is 0 Å². The van der Waals surface area contributed by atoms with Crippen LogP contribution in [0, 0.1) is 5.82 Å². The molecule has 1 N–H and O–H groups in total. The Hall–Kier alpha value is -3.65. The molecule has 0 atom stereocenters. The predicted octanol–water partition coefficient (Wildman–Crippen LogP) is 3.41. The summed E-state index contributed by atoms with van der Waals surface area (Å²) in [5.74, 6) is -0.339. The number of pyridine rings is 2. The van der Waals surface area contributed by atoms with E-state index in [4.69, 9.17) is 0 Å². The van der Waals surface area contributed by atoms with E-state index in [9.17, 15) is 9.18 Å². The van der Waals surface area contributed by atoms with Gasteiger partial charge in [-0.1, -0.05) is 18.2 Å². The van der Waals surface area contributed by atoms with Crippen LogP contribution in [0.3, 0.4) is 0 Å². The molecule has 1 aromatic carbocycles. The number of hydrogen-bond acceptors (Lipinski definition) is 5. The van der Waals surface area contributed by atoms with E-state index >= 15 is 0 Å². The minimum atomic E-state index is -0.215. The number of rotatable bonds is 6. The summed E-state index contributed by atoms with van der Waals surface area (Å²) in [6.45, 7) is 3.14. The van der Waals surface area contributed by atoms with Crippen LogP contribution in [-0.2, 0) is 13.1 Å². The fraction of sp³-hybridized carbons (Fsp3) is 0.280. The third-order valence-electron chi connectivity index (χ3n) is 6.02. The van der Waals surface area contributed by atoms with Crippen LogP contribution in [0.1, 0.15) is 34.5 Å². The van der Waals surface area contributed by atoms with Crippen LogP contribution in [-0.4, -0.2) is 49.5 Å². The fourth-order valence-corrected chi connectivity index (χ4v) is 4.21. The average Bonchev–Trinajstić information content (AvgIpc) is 3.24. The van der Waals surface area contributed by atoms with Crippen LogP contribution in [0.25, 0.3) is 11.2 Å². The maximum absolute atomic E-state index is 13.1. The zero-order chi connectivity index (χ0) is 22.6. The van der Waals surface area contributed by atoms with E-state index in [1.807, 2.05) is 34.9 Å². The number of imidazole rings is 1. The van der Waals surface area contributed by atoms with Gasteiger partial charge < -0.3 is 9.88 Å². The van der Waals surface area contributed by atoms with Gasteiger partial charge in [-0.25, -0.2) is 14.4 Å². The van der Waals surface area contributed by atoms with Crippen molar-refractivity contribution in [2.75, 3.05) is 13.1 Å². The maximum atomic E-state index is 13.1. The number of halogens is 1. The lowest BCUT2D eigenvalue weighted by Gasteiger charge is -2.32. The number of piperidine rings is 1. The van der Waals surface area contributed by atoms with Crippen LogP contribution in [0.15, 0.2) is 67.3 Å². The minimum Gasteiger partial charge on any atom is -0.349 e. The summed E-state index contributed by atoms with van der Waals surface area (Å²) in [6.07, 6.45) is 6.85. The van der Waals surface area contributed by atoms with E-state index in [2.05, 4.69) is 25.2 Å². The predicted molar refractivity (Wildman–Crippen MR) is 123 cm³/mol. The Morgan fingerprint density at radius 2 is 1.85 bits per heavy atom. The van der Waals surface area contributed by atoms with Crippen LogP contribution >= 0.6 is 0 Å². The second-order valence-corrected chi connectivity index (χ2v) is 8.41. The van der Waals surface area contributed by atoms with Crippen molar-refractivity contribution in [1.82, 2.24) is 29.7 Å². The number of nitrogens with zero attached hydrogens (tertiary/aromatic N) is 5. The maximum Gasteiger partial charge on any atom is 0.253 e. The number of amides is 1. The highest BCUT2D eigenvalue weighted by Gasteiger charge is 2.22. The molecule has 1 amide bonds. The molecule has 4 aromatic rings. The molecule has 8 heteroatoms. The first-order chi connectivity index (χ1) is 16.1. The SMILES string of the molecule is O=C(NC1CCN(Cc2ccc(F)cc2)CC1)c1cnc2c(c1)ncn2Cc1ccccn1. The molecule has 4 heterocycles. The Bertz CT molecular complexity index is 1230. The molecule has 5 rings (SSSR count). The first-order valence-electron chi connectivity index (χ1n) is 11.1. The summed E-state index contributed by atoms with van der Waals surface area (Å²) in [6, 6.07) is 14.3. The van der Waals surface area contributed by atoms with Gasteiger partial charge in [0.25, 0.3) is 5.91 Å². The molecule has 0 saturated carbocycles. The second kappa shape index (κ2) is 9.46. The molecule has 168 valence electrons. The van der Waals surface area contributed by atoms with E-state index in [1.165, 1.54) is 12.1 Å². The van der Waals surface area contributed by atoms with E-state index in [1.54, 1.807) is 24.8 Å². The van der Waals surface area contributed by atoms with Gasteiger partial charge in [0, 0.05) is 38.1 Å². The van der Waals surface area contributed by atoms with Crippen LogP contribution in [0.5, 0.6) is 0 Å². The summed E-state index contributed by atoms with van der Waals surface area (Å²) < 4.78 is 15.0. The molecule has 1 fully saturated rings. The molecule has 0 unspecified atom stereocenters. The van der Waals surface area contributed by atoms with Gasteiger partial charge in [0.05, 0.1) is 24.1 Å². The van der Waals surface area contributed by atoms with E-state index < -0.39 is 0 Å². The Balaban J connectivity index is 1.17. The van der Waals surface area contributed by atoms with Crippen molar-refractivity contribution >= 4 is 17.1 Å². The second-order valence-electron chi connectivity index (χ2n) is 8.41. The normalized spacial score (nSPS) is 15.1. The molecule has 1 aliphatic rings. The van der Waals surface area contributed by atoms with Crippen molar-refractivity contribution in [3.63, 3.8) is 0 Å². The summed E-state index contributed by atoms with van der Waals surface area (Å²) in [7, 11) is 0. The zero-order valence-electron chi connectivity index (χ0n) is 18.2. The quantitative estimate of drug-likeness (QED) is 0.493. The molecule has 0 spiro atoms. The van der Waals surface area contributed by atoms with Gasteiger partial charge in [0.1, 0.15) is 11.3 Å². The first-order valence-corrected chi connectivity index (χ1v) is 11.1. The number of benzene rings is 1. The van der Waals surface area contributed by atoms with Crippen LogP contribution in [0.2, 0.25) is 0 Å². The molecule has 0 aliphatic carbocycles. The first kappa shape index (κ1) is 21.2. The van der Waals surface area contributed by atoms with Crippen molar-refractivity contribution in [1.29, 1.82) is 0 Å². The van der Waals surface area contributed by atoms with E-state index in [0.717, 1.165) is 49.4 Å². The molecule has 33 heavy (non-hydrogen) atoms. The van der Waals surface area contributed by atoms with Gasteiger partial charge in [0.2, 0.25) is 0 Å². The van der Waals surface area contributed by atoms with Crippen molar-refractivity contribution in [2.24, 2.45) is 0 Å². The number of carbonyl (C=O) groups excluding carboxylic acids is 1. The lowest BCUT2D eigenvalue weighted by molar-refractivity contribution is 0.0908. The summed E-state index contributed by atoms with van der Waals surface area (Å²) in [5.41, 5.74) is 3.95. The smallest absolute Gasteiger partial charge is 0.253 e. The number of carbonyl (C=O) groups is 1. The Labute approximate surface area is 191 Å². The largest absolute Gasteiger partial charge is 0.349 e. The number of aromatic nitrogens is 4. The van der Waals surface area contributed by atoms with Gasteiger partial charge in [-0.05, 0) is 48.7 Å². The minimum absolute atomic E-state index is 0.124. The summed E-state index contributed by atoms with van der Waals surface area (Å²) in [5, 5.41) is 3.14. The van der Waals surface area contributed by atoms with Gasteiger partial charge in [-0.2, -0.15) is 0 Å². The highest BCUT2D eigenvalue weighted by molar-refractivity contribution is 5.96.